The van der Waals surface area contributed by atoms with Crippen LogP contribution in [0.5, 0.6) is 0 Å². The zero-order valence-electron chi connectivity index (χ0n) is 7.12. The molecule has 1 saturated heterocycles. The molecule has 1 aliphatic carbocycles. The molecule has 2 rings (SSSR count). The fourth-order valence-electron chi connectivity index (χ4n) is 2.23. The van der Waals surface area contributed by atoms with Gasteiger partial charge in [0.05, 0.1) is 6.54 Å². The van der Waals surface area contributed by atoms with Crippen molar-refractivity contribution in [1.29, 1.82) is 0 Å². The largest absolute Gasteiger partial charge is 0.294 e. The van der Waals surface area contributed by atoms with E-state index >= 15 is 0 Å². The van der Waals surface area contributed by atoms with Gasteiger partial charge in [-0.15, -0.1) is 0 Å². The van der Waals surface area contributed by atoms with Crippen LogP contribution in [0.15, 0.2) is 0 Å². The fourth-order valence-corrected chi connectivity index (χ4v) is 2.23. The molecule has 1 heterocycles. The number of rotatable bonds is 2. The molecule has 0 aromatic carbocycles. The number of hydrazine groups is 1. The number of nitrogens with two attached hydrogens (primary N) is 1. The fraction of sp³-hybridized carbons (Fsp3) is 0.875. The zero-order valence-corrected chi connectivity index (χ0v) is 7.12. The average molecular weight is 169 g/mol. The summed E-state index contributed by atoms with van der Waals surface area (Å²) < 4.78 is 0. The molecule has 0 bridgehead atoms. The molecule has 4 nitrogen and oxygen atoms in total. The second kappa shape index (κ2) is 3.03. The Kier molecular flexibility index (Phi) is 2.02. The summed E-state index contributed by atoms with van der Waals surface area (Å²) in [6.45, 7) is 2.67. The molecular weight excluding hydrogens is 154 g/mol. The molecule has 0 aromatic rings. The molecule has 1 amide bonds. The molecule has 0 aromatic heterocycles. The lowest BCUT2D eigenvalue weighted by molar-refractivity contribution is -0.122. The number of hydrogen-bond donors (Lipinski definition) is 2. The summed E-state index contributed by atoms with van der Waals surface area (Å²) in [4.78, 5) is 13.1. The summed E-state index contributed by atoms with van der Waals surface area (Å²) in [5.74, 6) is 6.68. The van der Waals surface area contributed by atoms with Crippen LogP contribution in [0.4, 0.5) is 0 Å². The normalized spacial score (nSPS) is 34.1. The van der Waals surface area contributed by atoms with Crippen molar-refractivity contribution in [2.24, 2.45) is 17.7 Å². The van der Waals surface area contributed by atoms with Crippen LogP contribution in [-0.2, 0) is 4.79 Å². The minimum absolute atomic E-state index is 0.0729. The first kappa shape index (κ1) is 8.01. The third-order valence-corrected chi connectivity index (χ3v) is 3.09. The van der Waals surface area contributed by atoms with Gasteiger partial charge in [0.1, 0.15) is 0 Å². The molecule has 12 heavy (non-hydrogen) atoms. The topological polar surface area (TPSA) is 58.4 Å². The molecule has 68 valence electrons. The van der Waals surface area contributed by atoms with Crippen LogP contribution in [0.25, 0.3) is 0 Å². The summed E-state index contributed by atoms with van der Waals surface area (Å²) in [5.41, 5.74) is 2.16. The zero-order chi connectivity index (χ0) is 8.55. The first-order valence-electron chi connectivity index (χ1n) is 4.51. The highest BCUT2D eigenvalue weighted by atomic mass is 16.2. The van der Waals surface area contributed by atoms with E-state index in [1.165, 1.54) is 12.8 Å². The lowest BCUT2D eigenvalue weighted by Gasteiger charge is -2.28. The maximum absolute atomic E-state index is 10.9. The van der Waals surface area contributed by atoms with Gasteiger partial charge >= 0.3 is 0 Å². The van der Waals surface area contributed by atoms with Crippen molar-refractivity contribution in [3.05, 3.63) is 0 Å². The summed E-state index contributed by atoms with van der Waals surface area (Å²) in [6, 6.07) is 0. The third kappa shape index (κ3) is 1.32. The van der Waals surface area contributed by atoms with Crippen molar-refractivity contribution in [1.82, 2.24) is 10.3 Å². The van der Waals surface area contributed by atoms with E-state index in [9.17, 15) is 4.79 Å². The van der Waals surface area contributed by atoms with Crippen molar-refractivity contribution in [3.63, 3.8) is 0 Å². The summed E-state index contributed by atoms with van der Waals surface area (Å²) >= 11 is 0. The smallest absolute Gasteiger partial charge is 0.248 e. The van der Waals surface area contributed by atoms with E-state index < -0.39 is 0 Å². The second-order valence-corrected chi connectivity index (χ2v) is 3.86. The van der Waals surface area contributed by atoms with Gasteiger partial charge in [-0.1, -0.05) is 0 Å². The molecule has 1 saturated carbocycles. The number of nitrogens with zero attached hydrogens (tertiary/aromatic N) is 1. The van der Waals surface area contributed by atoms with Crippen LogP contribution < -0.4 is 11.3 Å². The standard InChI is InChI=1S/C8H15N3O/c9-10-8(12)5-11-3-6-1-2-7(6)4-11/h6-7H,1-5,9H2,(H,10,12). The van der Waals surface area contributed by atoms with Crippen LogP contribution in [0.3, 0.4) is 0 Å². The monoisotopic (exact) mass is 169 g/mol. The van der Waals surface area contributed by atoms with Crippen LogP contribution >= 0.6 is 0 Å². The van der Waals surface area contributed by atoms with E-state index in [4.69, 9.17) is 5.84 Å². The van der Waals surface area contributed by atoms with E-state index in [2.05, 4.69) is 10.3 Å². The van der Waals surface area contributed by atoms with Crippen LogP contribution in [-0.4, -0.2) is 30.4 Å². The maximum atomic E-state index is 10.9. The molecule has 1 aliphatic heterocycles. The van der Waals surface area contributed by atoms with E-state index in [1.807, 2.05) is 0 Å². The Hall–Kier alpha value is -0.610. The molecule has 2 atom stereocenters. The van der Waals surface area contributed by atoms with Gasteiger partial charge in [-0.2, -0.15) is 0 Å². The van der Waals surface area contributed by atoms with Crippen molar-refractivity contribution in [2.45, 2.75) is 12.8 Å². The molecule has 3 N–H and O–H groups in total. The van der Waals surface area contributed by atoms with E-state index in [-0.39, 0.29) is 5.91 Å². The van der Waals surface area contributed by atoms with Crippen LogP contribution in [0.1, 0.15) is 12.8 Å². The highest BCUT2D eigenvalue weighted by Crippen LogP contribution is 2.39. The number of likely N-dealkylation sites (tertiary alicyclic amines) is 1. The Morgan fingerprint density at radius 1 is 1.42 bits per heavy atom. The number of fused-ring (bicyclic) bond motifs is 1. The minimum atomic E-state index is -0.0729. The molecular formula is C8H15N3O. The maximum Gasteiger partial charge on any atom is 0.248 e. The quantitative estimate of drug-likeness (QED) is 0.327. The minimum Gasteiger partial charge on any atom is -0.294 e. The van der Waals surface area contributed by atoms with Crippen LogP contribution in [0.2, 0.25) is 0 Å². The average Bonchev–Trinajstić information content (AvgIpc) is 2.30. The van der Waals surface area contributed by atoms with Gasteiger partial charge in [0, 0.05) is 13.1 Å². The SMILES string of the molecule is NNC(=O)CN1CC2CCC2C1. The third-order valence-electron chi connectivity index (χ3n) is 3.09. The Balaban J connectivity index is 1.79. The first-order chi connectivity index (χ1) is 5.79. The van der Waals surface area contributed by atoms with Gasteiger partial charge in [-0.25, -0.2) is 5.84 Å². The van der Waals surface area contributed by atoms with E-state index in [1.54, 1.807) is 0 Å². The van der Waals surface area contributed by atoms with Crippen molar-refractivity contribution >= 4 is 5.91 Å². The Morgan fingerprint density at radius 2 is 2.00 bits per heavy atom. The summed E-state index contributed by atoms with van der Waals surface area (Å²) in [6.07, 6.45) is 2.71. The Morgan fingerprint density at radius 3 is 2.42 bits per heavy atom. The van der Waals surface area contributed by atoms with Crippen molar-refractivity contribution < 1.29 is 4.79 Å². The summed E-state index contributed by atoms with van der Waals surface area (Å²) in [7, 11) is 0. The number of amides is 1. The van der Waals surface area contributed by atoms with Gasteiger partial charge in [0.25, 0.3) is 0 Å². The van der Waals surface area contributed by atoms with Gasteiger partial charge in [0.2, 0.25) is 5.91 Å². The van der Waals surface area contributed by atoms with E-state index in [0.717, 1.165) is 24.9 Å². The molecule has 2 aliphatic rings. The Bertz CT molecular complexity index is 183. The predicted molar refractivity (Wildman–Crippen MR) is 45.0 cm³/mol. The number of carbonyl (C=O) groups is 1. The summed E-state index contributed by atoms with van der Waals surface area (Å²) in [5, 5.41) is 0. The Labute approximate surface area is 72.1 Å². The molecule has 2 unspecified atom stereocenters. The highest BCUT2D eigenvalue weighted by Gasteiger charge is 2.39. The lowest BCUT2D eigenvalue weighted by atomic mass is 9.77. The first-order valence-corrected chi connectivity index (χ1v) is 4.51. The van der Waals surface area contributed by atoms with Crippen molar-refractivity contribution in [2.75, 3.05) is 19.6 Å². The van der Waals surface area contributed by atoms with Crippen molar-refractivity contribution in [3.8, 4) is 0 Å². The van der Waals surface area contributed by atoms with E-state index in [0.29, 0.717) is 6.54 Å². The predicted octanol–water partition coefficient (Wildman–Crippen LogP) is -0.682. The van der Waals surface area contributed by atoms with Gasteiger partial charge in [-0.05, 0) is 24.7 Å². The molecule has 0 spiro atoms. The molecule has 4 heteroatoms. The number of carbonyl (C=O) groups excluding carboxylic acids is 1. The molecule has 2 fully saturated rings. The lowest BCUT2D eigenvalue weighted by Crippen LogP contribution is -2.39. The van der Waals surface area contributed by atoms with Gasteiger partial charge < -0.3 is 0 Å². The number of hydrogen-bond acceptors (Lipinski definition) is 3. The number of nitrogens with one attached hydrogen (secondary N) is 1. The second-order valence-electron chi connectivity index (χ2n) is 3.86. The molecule has 0 radical (unpaired) electrons. The van der Waals surface area contributed by atoms with Crippen LogP contribution in [0, 0.1) is 11.8 Å². The highest BCUT2D eigenvalue weighted by molar-refractivity contribution is 5.77. The van der Waals surface area contributed by atoms with Gasteiger partial charge in [0.15, 0.2) is 0 Å². The van der Waals surface area contributed by atoms with Gasteiger partial charge in [-0.3, -0.25) is 15.1 Å².